The van der Waals surface area contributed by atoms with E-state index in [2.05, 4.69) is 41.5 Å². The summed E-state index contributed by atoms with van der Waals surface area (Å²) in [7, 11) is 0. The predicted octanol–water partition coefficient (Wildman–Crippen LogP) is 21.7. The van der Waals surface area contributed by atoms with Crippen molar-refractivity contribution < 1.29 is 76.2 Å². The highest BCUT2D eigenvalue weighted by molar-refractivity contribution is 5.79. The Kier molecular flexibility index (Phi) is 26.4. The highest BCUT2D eigenvalue weighted by Crippen LogP contribution is 2.74. The molecule has 16 nitrogen and oxygen atoms in total. The lowest BCUT2D eigenvalue weighted by molar-refractivity contribution is -0.214. The Morgan fingerprint density at radius 2 is 0.876 bits per heavy atom. The first-order valence-electron chi connectivity index (χ1n) is 46.6. The number of hydrogen-bond donors (Lipinski definition) is 0. The fourth-order valence-electron chi connectivity index (χ4n) is 27.9. The monoisotopic (exact) mass is 1580 g/mol. The van der Waals surface area contributed by atoms with Gasteiger partial charge in [-0.25, -0.2) is 0 Å². The molecule has 16 heteroatoms. The van der Waals surface area contributed by atoms with Gasteiger partial charge >= 0.3 is 41.8 Å². The van der Waals surface area contributed by atoms with Gasteiger partial charge in [0, 0.05) is 5.92 Å². The van der Waals surface area contributed by atoms with E-state index in [0.717, 1.165) is 152 Å². The fraction of sp³-hybridized carbons (Fsp3) is 0.928. The van der Waals surface area contributed by atoms with Gasteiger partial charge in [0.2, 0.25) is 0 Å². The maximum atomic E-state index is 12.7. The summed E-state index contributed by atoms with van der Waals surface area (Å²) in [5.74, 6) is 14.3. The summed E-state index contributed by atoms with van der Waals surface area (Å²) in [6.07, 6.45) is 38.3. The molecule has 19 fully saturated rings. The number of rotatable bonds is 25. The van der Waals surface area contributed by atoms with Crippen molar-refractivity contribution in [1.29, 1.82) is 0 Å². The summed E-state index contributed by atoms with van der Waals surface area (Å²) in [4.78, 5) is 85.8. The van der Waals surface area contributed by atoms with Crippen molar-refractivity contribution in [3.05, 3.63) is 0 Å². The van der Waals surface area contributed by atoms with Crippen molar-refractivity contribution in [3.63, 3.8) is 0 Å². The highest BCUT2D eigenvalue weighted by atomic mass is 16.7. The Morgan fingerprint density at radius 3 is 1.39 bits per heavy atom. The largest absolute Gasteiger partial charge is 0.465 e. The van der Waals surface area contributed by atoms with Gasteiger partial charge < -0.3 is 42.6 Å². The lowest BCUT2D eigenvalue weighted by atomic mass is 9.49. The molecule has 13 atom stereocenters. The van der Waals surface area contributed by atoms with Crippen LogP contribution in [0.15, 0.2) is 0 Å². The summed E-state index contributed by atoms with van der Waals surface area (Å²) >= 11 is 0. The zero-order valence-electron chi connectivity index (χ0n) is 74.8. The van der Waals surface area contributed by atoms with E-state index in [0.29, 0.717) is 29.3 Å². The first-order chi connectivity index (χ1) is 52.9. The molecule has 0 aliphatic heterocycles. The summed E-state index contributed by atoms with van der Waals surface area (Å²) < 4.78 is 51.6. The van der Waals surface area contributed by atoms with Crippen molar-refractivity contribution >= 4 is 41.8 Å². The fourth-order valence-corrected chi connectivity index (χ4v) is 27.9. The zero-order chi connectivity index (χ0) is 82.2. The van der Waals surface area contributed by atoms with E-state index in [1.165, 1.54) is 148 Å². The smallest absolute Gasteiger partial charge is 0.313 e. The van der Waals surface area contributed by atoms with Crippen LogP contribution in [0.3, 0.4) is 0 Å². The van der Waals surface area contributed by atoms with Crippen molar-refractivity contribution in [1.82, 2.24) is 0 Å². The first-order valence-corrected chi connectivity index (χ1v) is 46.6. The summed E-state index contributed by atoms with van der Waals surface area (Å²) in [6, 6.07) is 0. The first kappa shape index (κ1) is 88.5. The predicted molar refractivity (Wildman–Crippen MR) is 437 cm³/mol. The minimum Gasteiger partial charge on any atom is -0.465 e. The Labute approximate surface area is 683 Å². The minimum absolute atomic E-state index is 0.000595. The molecule has 0 radical (unpaired) electrons. The number of ether oxygens (including phenoxy) is 9. The Balaban J connectivity index is 0.000000131. The summed E-state index contributed by atoms with van der Waals surface area (Å²) in [5, 5.41) is 0. The Morgan fingerprint density at radius 1 is 0.425 bits per heavy atom. The van der Waals surface area contributed by atoms with Crippen LogP contribution in [0, 0.1) is 156 Å². The van der Waals surface area contributed by atoms with Crippen LogP contribution in [0.5, 0.6) is 0 Å². The Hall–Kier alpha value is -3.79. The zero-order valence-corrected chi connectivity index (χ0v) is 74.8. The van der Waals surface area contributed by atoms with E-state index in [9.17, 15) is 33.6 Å². The molecule has 0 aromatic rings. The van der Waals surface area contributed by atoms with Gasteiger partial charge in [-0.15, -0.1) is 0 Å². The number of esters is 7. The van der Waals surface area contributed by atoms with Gasteiger partial charge in [-0.3, -0.25) is 33.6 Å². The SMILES string of the molecule is CCC(C)(C)C(=O)OC(C)OC1CC2CC1C1C3CCC(C3)C21.CCC(C)(C)C(=O)OC1(C)CCC23CC1C(C)(C)C2CCC3C.CCC(C)(C)C(=O)OCCC(=O)OC1(C)C2CC3CC(C2)CC1C3.CCC(C)(C)C(=O)OCCOC(=O)C12CC3CC(CC(C3)C1)C2.CCC(C)(C)C(=O)OCOC12CC3CC(CC(C3)C1)C2. The van der Waals surface area contributed by atoms with Crippen LogP contribution in [-0.2, 0) is 76.2 Å². The third-order valence-corrected chi connectivity index (χ3v) is 35.8. The van der Waals surface area contributed by atoms with Crippen molar-refractivity contribution in [2.45, 2.75) is 386 Å². The summed E-state index contributed by atoms with van der Waals surface area (Å²) in [5.41, 5.74) is -2.09. The van der Waals surface area contributed by atoms with Crippen LogP contribution in [0.25, 0.3) is 0 Å². The van der Waals surface area contributed by atoms with E-state index in [-0.39, 0.29) is 108 Å². The number of fused-ring (bicyclic) bond motifs is 10. The van der Waals surface area contributed by atoms with E-state index < -0.39 is 27.9 Å². The van der Waals surface area contributed by atoms with Crippen LogP contribution >= 0.6 is 0 Å². The molecule has 0 N–H and O–H groups in total. The molecular formula is C97H158O16. The Bertz CT molecular complexity index is 3270. The molecule has 19 saturated carbocycles. The quantitative estimate of drug-likeness (QED) is 0.0274. The van der Waals surface area contributed by atoms with Crippen LogP contribution in [0.1, 0.15) is 357 Å². The second-order valence-corrected chi connectivity index (χ2v) is 45.4. The standard InChI is InChI=1S/C21H36O2.C20H32O4.C20H32O3.C19H30O4.C17H28O3/c1-8-18(3,4)17(22)23-20(7)11-12-21-13-16(20)19(5,6)15(21)10-9-14(21)2;1-5-19(2,3)18(22)23-7-6-17(21)24-20(4)15-9-13-8-14(11-15)12-16(20)10-13;1-5-20(3,4)19(21)23-11(2)22-16-10-14-9-15(16)18-13-7-6-12(8-13)17(14)18;1-4-18(2,3)16(20)22-5-6-23-17(21)19-10-13-7-14(11-19)9-15(8-13)12-19;1-4-16(2,3)15(18)19-11-20-17-8-12-5-13(9-17)7-14(6-12)10-17/h14-16H,8-13H2,1-7H3;13-16H,5-12H2,1-4H3;11-18H,5-10H2,1-4H3;13-15H,4-12H2,1-3H3;12-14H,4-11H2,1-3H3. The molecule has 0 amide bonds. The van der Waals surface area contributed by atoms with Crippen LogP contribution in [0.4, 0.5) is 0 Å². The van der Waals surface area contributed by atoms with Gasteiger partial charge in [-0.2, -0.15) is 0 Å². The molecule has 13 unspecified atom stereocenters. The van der Waals surface area contributed by atoms with E-state index in [4.69, 9.17) is 42.6 Å². The van der Waals surface area contributed by atoms with Gasteiger partial charge in [-0.05, 0) is 413 Å². The van der Waals surface area contributed by atoms with Gasteiger partial charge in [0.15, 0.2) is 13.1 Å². The lowest BCUT2D eigenvalue weighted by Gasteiger charge is -2.59. The van der Waals surface area contributed by atoms with Gasteiger partial charge in [0.1, 0.15) is 31.0 Å². The molecular weight excluding hydrogens is 1420 g/mol. The molecule has 19 aliphatic carbocycles. The molecule has 1 spiro atoms. The molecule has 19 rings (SSSR count). The maximum absolute atomic E-state index is 12.7. The van der Waals surface area contributed by atoms with E-state index >= 15 is 0 Å². The third-order valence-electron chi connectivity index (χ3n) is 35.8. The van der Waals surface area contributed by atoms with Crippen molar-refractivity contribution in [2.75, 3.05) is 26.6 Å². The van der Waals surface area contributed by atoms with Gasteiger partial charge in [0.25, 0.3) is 0 Å². The van der Waals surface area contributed by atoms with Gasteiger partial charge in [0.05, 0.1) is 50.6 Å². The second kappa shape index (κ2) is 33.7. The van der Waals surface area contributed by atoms with Crippen molar-refractivity contribution in [3.8, 4) is 0 Å². The van der Waals surface area contributed by atoms with E-state index in [1.807, 2.05) is 104 Å². The number of hydrogen-bond acceptors (Lipinski definition) is 16. The molecule has 0 aromatic heterocycles. The molecule has 0 heterocycles. The molecule has 113 heavy (non-hydrogen) atoms. The molecule has 19 aliphatic rings. The van der Waals surface area contributed by atoms with Crippen molar-refractivity contribution in [2.24, 2.45) is 156 Å². The average molecular weight is 1580 g/mol. The van der Waals surface area contributed by atoms with Crippen LogP contribution in [0.2, 0.25) is 0 Å². The average Bonchev–Trinajstić information content (AvgIpc) is 1.51. The molecule has 0 saturated heterocycles. The summed E-state index contributed by atoms with van der Waals surface area (Å²) in [6.45, 7) is 43.5. The van der Waals surface area contributed by atoms with Gasteiger partial charge in [-0.1, -0.05) is 55.4 Å². The molecule has 642 valence electrons. The lowest BCUT2D eigenvalue weighted by Crippen LogP contribution is -2.58. The third kappa shape index (κ3) is 18.2. The van der Waals surface area contributed by atoms with E-state index in [1.54, 1.807) is 0 Å². The normalized spacial score (nSPS) is 40.4. The van der Waals surface area contributed by atoms with Crippen LogP contribution < -0.4 is 0 Å². The maximum Gasteiger partial charge on any atom is 0.313 e. The molecule has 0 aromatic carbocycles. The molecule has 18 bridgehead atoms. The second-order valence-electron chi connectivity index (χ2n) is 45.4. The number of carbonyl (C=O) groups is 7. The topological polar surface area (TPSA) is 203 Å². The minimum atomic E-state index is -0.489. The van der Waals surface area contributed by atoms with Crippen LogP contribution in [-0.4, -0.2) is 97.6 Å². The highest BCUT2D eigenvalue weighted by Gasteiger charge is 2.70. The number of carbonyl (C=O) groups excluding carboxylic acids is 7.